The maximum Gasteiger partial charge on any atom is 0.337 e. The molecule has 1 aromatic heterocycles. The summed E-state index contributed by atoms with van der Waals surface area (Å²) >= 11 is 0. The van der Waals surface area contributed by atoms with E-state index < -0.39 is 0 Å². The highest BCUT2D eigenvalue weighted by Crippen LogP contribution is 2.49. The fraction of sp³-hybridized carbons (Fsp3) is 0.417. The normalized spacial score (nSPS) is 24.2. The minimum atomic E-state index is -0.315. The molecule has 162 valence electrons. The number of carbonyl (C=O) groups excluding carboxylic acids is 2. The van der Waals surface area contributed by atoms with E-state index in [4.69, 9.17) is 14.2 Å². The molecule has 5 rings (SSSR count). The van der Waals surface area contributed by atoms with Gasteiger partial charge in [-0.3, -0.25) is 4.79 Å². The molecule has 7 nitrogen and oxygen atoms in total. The molecule has 0 radical (unpaired) electrons. The Balaban J connectivity index is 1.55. The number of nitrogens with zero attached hydrogens (tertiary/aromatic N) is 1. The third-order valence-electron chi connectivity index (χ3n) is 6.77. The number of H-pyrrole nitrogens is 1. The topological polar surface area (TPSA) is 80.9 Å². The summed E-state index contributed by atoms with van der Waals surface area (Å²) in [6.45, 7) is 1.36. The fourth-order valence-electron chi connectivity index (χ4n) is 5.29. The third kappa shape index (κ3) is 3.28. The molecule has 0 spiro atoms. The van der Waals surface area contributed by atoms with E-state index in [9.17, 15) is 9.59 Å². The van der Waals surface area contributed by atoms with Crippen molar-refractivity contribution in [1.29, 1.82) is 0 Å². The van der Waals surface area contributed by atoms with Gasteiger partial charge in [-0.05, 0) is 24.5 Å². The van der Waals surface area contributed by atoms with E-state index in [1.807, 2.05) is 12.1 Å². The predicted molar refractivity (Wildman–Crippen MR) is 115 cm³/mol. The molecule has 1 N–H and O–H groups in total. The number of aromatic nitrogens is 1. The second-order valence-electron chi connectivity index (χ2n) is 8.40. The van der Waals surface area contributed by atoms with Crippen LogP contribution in [0.5, 0.6) is 0 Å². The van der Waals surface area contributed by atoms with Crippen LogP contribution in [-0.4, -0.2) is 49.2 Å². The first-order chi connectivity index (χ1) is 15.1. The lowest BCUT2D eigenvalue weighted by Crippen LogP contribution is -2.46. The number of aromatic amines is 1. The Kier molecular flexibility index (Phi) is 4.96. The summed E-state index contributed by atoms with van der Waals surface area (Å²) in [5.41, 5.74) is 5.16. The average molecular weight is 422 g/mol. The summed E-state index contributed by atoms with van der Waals surface area (Å²) in [5, 5.41) is 1.16. The van der Waals surface area contributed by atoms with Crippen LogP contribution in [0, 0.1) is 11.8 Å². The zero-order valence-corrected chi connectivity index (χ0v) is 17.7. The van der Waals surface area contributed by atoms with Gasteiger partial charge in [0.2, 0.25) is 0 Å². The number of nitrogens with one attached hydrogen (secondary N) is 1. The Bertz CT molecular complexity index is 1100. The molecule has 1 saturated heterocycles. The number of benzene rings is 1. The number of carbonyl (C=O) groups is 2. The molecular formula is C24H26N2O5. The number of fused-ring (bicyclic) bond motifs is 6. The van der Waals surface area contributed by atoms with Crippen LogP contribution in [0.25, 0.3) is 16.5 Å². The van der Waals surface area contributed by atoms with E-state index in [2.05, 4.69) is 28.2 Å². The molecule has 4 heterocycles. The Labute approximate surface area is 180 Å². The highest BCUT2D eigenvalue weighted by Gasteiger charge is 2.44. The van der Waals surface area contributed by atoms with E-state index in [0.29, 0.717) is 25.0 Å². The van der Waals surface area contributed by atoms with Gasteiger partial charge in [0.25, 0.3) is 0 Å². The number of ether oxygens (including phenoxy) is 3. The number of methoxy groups -OCH3 is 2. The van der Waals surface area contributed by atoms with Crippen molar-refractivity contribution >= 4 is 28.4 Å². The van der Waals surface area contributed by atoms with Gasteiger partial charge in [-0.1, -0.05) is 18.2 Å². The van der Waals surface area contributed by atoms with Gasteiger partial charge in [0, 0.05) is 53.2 Å². The molecule has 0 amide bonds. The Morgan fingerprint density at radius 1 is 1.23 bits per heavy atom. The minimum Gasteiger partial charge on any atom is -0.500 e. The van der Waals surface area contributed by atoms with Gasteiger partial charge >= 0.3 is 11.9 Å². The molecule has 3 atom stereocenters. The Morgan fingerprint density at radius 3 is 2.87 bits per heavy atom. The summed E-state index contributed by atoms with van der Waals surface area (Å²) < 4.78 is 15.5. The summed E-state index contributed by atoms with van der Waals surface area (Å²) in [4.78, 5) is 30.2. The molecule has 2 aromatic rings. The standard InChI is InChI=1S/C24H26N2O5/c1-29-21(27)8-7-14-10-26-11-15-12-31-13-18(24(28)30-2)17(15)9-20(26)23-22(14)16-5-3-4-6-19(16)25-23/h3-6,10,13,15,17,20,25H,7-9,11-12H2,1-2H3/t15-,17+,20?/m1/s1. The lowest BCUT2D eigenvalue weighted by molar-refractivity contribution is -0.140. The van der Waals surface area contributed by atoms with Gasteiger partial charge in [0.15, 0.2) is 0 Å². The molecule has 0 bridgehead atoms. The maximum absolute atomic E-state index is 12.4. The number of hydrogen-bond acceptors (Lipinski definition) is 6. The first-order valence-corrected chi connectivity index (χ1v) is 10.6. The van der Waals surface area contributed by atoms with Crippen molar-refractivity contribution in [1.82, 2.24) is 9.88 Å². The van der Waals surface area contributed by atoms with Crippen LogP contribution in [0.1, 0.15) is 36.6 Å². The fourth-order valence-corrected chi connectivity index (χ4v) is 5.29. The molecular weight excluding hydrogens is 396 g/mol. The highest BCUT2D eigenvalue weighted by atomic mass is 16.5. The summed E-state index contributed by atoms with van der Waals surface area (Å²) in [6, 6.07) is 8.38. The smallest absolute Gasteiger partial charge is 0.337 e. The number of rotatable bonds is 4. The van der Waals surface area contributed by atoms with Crippen molar-refractivity contribution in [3.63, 3.8) is 0 Å². The van der Waals surface area contributed by atoms with Crippen LogP contribution in [0.15, 0.2) is 42.3 Å². The zero-order chi connectivity index (χ0) is 21.5. The second kappa shape index (κ2) is 7.80. The average Bonchev–Trinajstić information content (AvgIpc) is 3.20. The molecule has 7 heteroatoms. The first-order valence-electron chi connectivity index (χ1n) is 10.6. The summed E-state index contributed by atoms with van der Waals surface area (Å²) in [7, 11) is 2.83. The largest absolute Gasteiger partial charge is 0.500 e. The molecule has 1 fully saturated rings. The number of esters is 2. The predicted octanol–water partition coefficient (Wildman–Crippen LogP) is 3.54. The third-order valence-corrected chi connectivity index (χ3v) is 6.77. The molecule has 31 heavy (non-hydrogen) atoms. The number of hydrogen-bond donors (Lipinski definition) is 1. The van der Waals surface area contributed by atoms with Crippen molar-refractivity contribution in [2.75, 3.05) is 27.4 Å². The first kappa shape index (κ1) is 19.7. The molecule has 3 aliphatic rings. The lowest BCUT2D eigenvalue weighted by Gasteiger charge is -2.47. The van der Waals surface area contributed by atoms with Crippen molar-refractivity contribution in [3.05, 3.63) is 53.6 Å². The maximum atomic E-state index is 12.4. The minimum absolute atomic E-state index is 0.0896. The quantitative estimate of drug-likeness (QED) is 0.759. The molecule has 0 saturated carbocycles. The van der Waals surface area contributed by atoms with Crippen LogP contribution in [-0.2, 0) is 23.8 Å². The zero-order valence-electron chi connectivity index (χ0n) is 17.7. The number of allylic oxidation sites excluding steroid dienone is 1. The molecule has 1 aromatic carbocycles. The van der Waals surface area contributed by atoms with Crippen LogP contribution in [0.2, 0.25) is 0 Å². The van der Waals surface area contributed by atoms with Gasteiger partial charge < -0.3 is 24.1 Å². The molecule has 1 unspecified atom stereocenters. The summed E-state index contributed by atoms with van der Waals surface area (Å²) in [5.74, 6) is -0.229. The SMILES string of the molecule is COC(=O)CCC1=CN2C[C@@H]3COC=C(C(=O)OC)[C@H]3CC2c2[nH]c3ccccc3c21. The molecule has 0 aliphatic carbocycles. The van der Waals surface area contributed by atoms with E-state index in [1.165, 1.54) is 19.8 Å². The van der Waals surface area contributed by atoms with Gasteiger partial charge in [-0.2, -0.15) is 0 Å². The summed E-state index contributed by atoms with van der Waals surface area (Å²) in [6.07, 6.45) is 5.53. The molecule has 3 aliphatic heterocycles. The highest BCUT2D eigenvalue weighted by molar-refractivity contribution is 5.95. The number of piperidine rings is 1. The monoisotopic (exact) mass is 422 g/mol. The van der Waals surface area contributed by atoms with Crippen molar-refractivity contribution in [2.24, 2.45) is 11.8 Å². The van der Waals surface area contributed by atoms with E-state index in [0.717, 1.165) is 35.1 Å². The number of para-hydroxylation sites is 1. The van der Waals surface area contributed by atoms with Crippen molar-refractivity contribution < 1.29 is 23.8 Å². The van der Waals surface area contributed by atoms with Gasteiger partial charge in [-0.15, -0.1) is 0 Å². The van der Waals surface area contributed by atoms with Gasteiger partial charge in [-0.25, -0.2) is 4.79 Å². The van der Waals surface area contributed by atoms with Crippen molar-refractivity contribution in [3.8, 4) is 0 Å². The van der Waals surface area contributed by atoms with E-state index in [1.54, 1.807) is 6.26 Å². The van der Waals surface area contributed by atoms with E-state index >= 15 is 0 Å². The Morgan fingerprint density at radius 2 is 2.06 bits per heavy atom. The van der Waals surface area contributed by atoms with Gasteiger partial charge in [0.05, 0.1) is 38.7 Å². The van der Waals surface area contributed by atoms with E-state index in [-0.39, 0.29) is 29.8 Å². The van der Waals surface area contributed by atoms with Gasteiger partial charge in [0.1, 0.15) is 0 Å². The van der Waals surface area contributed by atoms with Crippen LogP contribution >= 0.6 is 0 Å². The lowest BCUT2D eigenvalue weighted by atomic mass is 9.74. The second-order valence-corrected chi connectivity index (χ2v) is 8.40. The van der Waals surface area contributed by atoms with Crippen LogP contribution in [0.3, 0.4) is 0 Å². The Hall–Kier alpha value is -3.22. The van der Waals surface area contributed by atoms with Crippen molar-refractivity contribution in [2.45, 2.75) is 25.3 Å². The van der Waals surface area contributed by atoms with Crippen LogP contribution < -0.4 is 0 Å². The van der Waals surface area contributed by atoms with Crippen LogP contribution in [0.4, 0.5) is 0 Å².